The van der Waals surface area contributed by atoms with Gasteiger partial charge in [0.25, 0.3) is 0 Å². The maximum absolute atomic E-state index is 12.9. The summed E-state index contributed by atoms with van der Waals surface area (Å²) in [5.74, 6) is -0.589. The molecule has 1 aromatic carbocycles. The van der Waals surface area contributed by atoms with Gasteiger partial charge < -0.3 is 11.1 Å². The molecule has 0 heterocycles. The number of nitrogens with one attached hydrogen (secondary N) is 1. The molecule has 3 nitrogen and oxygen atoms in total. The van der Waals surface area contributed by atoms with Gasteiger partial charge in [0.15, 0.2) is 0 Å². The van der Waals surface area contributed by atoms with Crippen molar-refractivity contribution >= 4 is 34.2 Å². The second-order valence-electron chi connectivity index (χ2n) is 3.24. The largest absolute Gasteiger partial charge is 0.351 e. The van der Waals surface area contributed by atoms with Gasteiger partial charge in [-0.3, -0.25) is 4.79 Å². The number of carbonyl (C=O) groups excluding carboxylic acids is 1. The first-order valence-corrected chi connectivity index (χ1v) is 5.27. The molecule has 0 aromatic heterocycles. The van der Waals surface area contributed by atoms with Crippen LogP contribution in [0.5, 0.6) is 0 Å². The Balaban J connectivity index is 0.00000225. The first-order chi connectivity index (χ1) is 7.00. The van der Waals surface area contributed by atoms with Crippen LogP contribution >= 0.6 is 28.3 Å². The van der Waals surface area contributed by atoms with E-state index >= 15 is 0 Å². The normalized spacial score (nSPS) is 11.5. The predicted molar refractivity (Wildman–Crippen MR) is 66.8 cm³/mol. The highest BCUT2D eigenvalue weighted by Crippen LogP contribution is 2.17. The van der Waals surface area contributed by atoms with E-state index in [2.05, 4.69) is 21.2 Å². The second kappa shape index (κ2) is 6.83. The quantitative estimate of drug-likeness (QED) is 0.897. The van der Waals surface area contributed by atoms with E-state index in [4.69, 9.17) is 5.73 Å². The van der Waals surface area contributed by atoms with Gasteiger partial charge in [-0.2, -0.15) is 0 Å². The summed E-state index contributed by atoms with van der Waals surface area (Å²) in [5.41, 5.74) is 6.05. The van der Waals surface area contributed by atoms with Crippen LogP contribution in [0.25, 0.3) is 0 Å². The molecule has 0 saturated heterocycles. The van der Waals surface area contributed by atoms with Gasteiger partial charge in [-0.25, -0.2) is 4.39 Å². The fourth-order valence-electron chi connectivity index (χ4n) is 1.02. The zero-order valence-corrected chi connectivity index (χ0v) is 11.1. The number of halogens is 3. The SMILES string of the molecule is C[C@H](N)C(=O)NCc1cc(F)ccc1Br.Cl. The Morgan fingerprint density at radius 3 is 2.81 bits per heavy atom. The highest BCUT2D eigenvalue weighted by Gasteiger charge is 2.08. The van der Waals surface area contributed by atoms with E-state index in [1.807, 2.05) is 0 Å². The van der Waals surface area contributed by atoms with Crippen LogP contribution in [0.1, 0.15) is 12.5 Å². The maximum atomic E-state index is 12.9. The predicted octanol–water partition coefficient (Wildman–Crippen LogP) is 1.97. The average molecular weight is 312 g/mol. The third-order valence-corrected chi connectivity index (χ3v) is 2.65. The van der Waals surface area contributed by atoms with Crippen LogP contribution in [0.3, 0.4) is 0 Å². The van der Waals surface area contributed by atoms with Crippen molar-refractivity contribution < 1.29 is 9.18 Å². The Bertz CT molecular complexity index is 374. The summed E-state index contributed by atoms with van der Waals surface area (Å²) in [6.07, 6.45) is 0. The van der Waals surface area contributed by atoms with Crippen LogP contribution in [0, 0.1) is 5.82 Å². The van der Waals surface area contributed by atoms with Crippen molar-refractivity contribution in [3.63, 3.8) is 0 Å². The summed E-state index contributed by atoms with van der Waals surface area (Å²) < 4.78 is 13.6. The highest BCUT2D eigenvalue weighted by molar-refractivity contribution is 9.10. The number of hydrogen-bond acceptors (Lipinski definition) is 2. The standard InChI is InChI=1S/C10H12BrFN2O.ClH/c1-6(13)10(15)14-5-7-4-8(12)2-3-9(7)11;/h2-4,6H,5,13H2,1H3,(H,14,15);1H/t6-;/m0./s1. The summed E-state index contributed by atoms with van der Waals surface area (Å²) in [4.78, 5) is 11.2. The van der Waals surface area contributed by atoms with Gasteiger partial charge in [0.2, 0.25) is 5.91 Å². The van der Waals surface area contributed by atoms with Crippen molar-refractivity contribution in [3.05, 3.63) is 34.1 Å². The van der Waals surface area contributed by atoms with Gasteiger partial charge in [-0.1, -0.05) is 15.9 Å². The van der Waals surface area contributed by atoms with Crippen LogP contribution < -0.4 is 11.1 Å². The van der Waals surface area contributed by atoms with Gasteiger partial charge >= 0.3 is 0 Å². The van der Waals surface area contributed by atoms with E-state index < -0.39 is 6.04 Å². The third-order valence-electron chi connectivity index (χ3n) is 1.87. The van der Waals surface area contributed by atoms with Gasteiger partial charge in [0.1, 0.15) is 5.82 Å². The zero-order chi connectivity index (χ0) is 11.4. The van der Waals surface area contributed by atoms with Crippen molar-refractivity contribution in [3.8, 4) is 0 Å². The van der Waals surface area contributed by atoms with E-state index in [1.54, 1.807) is 13.0 Å². The molecule has 1 atom stereocenters. The van der Waals surface area contributed by atoms with Gasteiger partial charge in [-0.15, -0.1) is 12.4 Å². The second-order valence-corrected chi connectivity index (χ2v) is 4.10. The van der Waals surface area contributed by atoms with E-state index in [-0.39, 0.29) is 30.7 Å². The summed E-state index contributed by atoms with van der Waals surface area (Å²) in [6.45, 7) is 1.86. The lowest BCUT2D eigenvalue weighted by Crippen LogP contribution is -2.37. The Hall–Kier alpha value is -0.650. The van der Waals surface area contributed by atoms with Crippen molar-refractivity contribution in [1.29, 1.82) is 0 Å². The molecule has 0 bridgehead atoms. The minimum atomic E-state index is -0.558. The first kappa shape index (κ1) is 15.3. The van der Waals surface area contributed by atoms with Crippen LogP contribution in [0.4, 0.5) is 4.39 Å². The Labute approximate surface area is 108 Å². The topological polar surface area (TPSA) is 55.1 Å². The van der Waals surface area contributed by atoms with Crippen LogP contribution in [-0.2, 0) is 11.3 Å². The van der Waals surface area contributed by atoms with Crippen molar-refractivity contribution in [2.75, 3.05) is 0 Å². The highest BCUT2D eigenvalue weighted by atomic mass is 79.9. The smallest absolute Gasteiger partial charge is 0.236 e. The van der Waals surface area contributed by atoms with Gasteiger partial charge in [0.05, 0.1) is 6.04 Å². The summed E-state index contributed by atoms with van der Waals surface area (Å²) in [6, 6.07) is 3.76. The lowest BCUT2D eigenvalue weighted by Gasteiger charge is -2.09. The minimum Gasteiger partial charge on any atom is -0.351 e. The molecule has 0 aliphatic rings. The molecule has 0 fully saturated rings. The van der Waals surface area contributed by atoms with Crippen LogP contribution in [-0.4, -0.2) is 11.9 Å². The molecule has 1 amide bonds. The van der Waals surface area contributed by atoms with Crippen LogP contribution in [0.2, 0.25) is 0 Å². The average Bonchev–Trinajstić information content (AvgIpc) is 2.18. The summed E-state index contributed by atoms with van der Waals surface area (Å²) in [5, 5.41) is 2.61. The fraction of sp³-hybridized carbons (Fsp3) is 0.300. The first-order valence-electron chi connectivity index (χ1n) is 4.48. The molecule has 0 aliphatic heterocycles. The van der Waals surface area contributed by atoms with E-state index in [1.165, 1.54) is 12.1 Å². The van der Waals surface area contributed by atoms with E-state index in [0.29, 0.717) is 5.56 Å². The molecule has 6 heteroatoms. The van der Waals surface area contributed by atoms with Crippen molar-refractivity contribution in [2.24, 2.45) is 5.73 Å². The molecular formula is C10H13BrClFN2O. The number of rotatable bonds is 3. The molecule has 0 aliphatic carbocycles. The molecule has 0 radical (unpaired) electrons. The number of carbonyl (C=O) groups is 1. The number of hydrogen-bond donors (Lipinski definition) is 2. The monoisotopic (exact) mass is 310 g/mol. The van der Waals surface area contributed by atoms with Crippen molar-refractivity contribution in [1.82, 2.24) is 5.32 Å². The van der Waals surface area contributed by atoms with Gasteiger partial charge in [0, 0.05) is 11.0 Å². The Morgan fingerprint density at radius 2 is 2.25 bits per heavy atom. The minimum absolute atomic E-state index is 0. The Morgan fingerprint density at radius 1 is 1.62 bits per heavy atom. The molecule has 3 N–H and O–H groups in total. The molecule has 0 saturated carbocycles. The van der Waals surface area contributed by atoms with Crippen molar-refractivity contribution in [2.45, 2.75) is 19.5 Å². The molecule has 1 rings (SSSR count). The van der Waals surface area contributed by atoms with Gasteiger partial charge in [-0.05, 0) is 30.7 Å². The van der Waals surface area contributed by atoms with E-state index in [0.717, 1.165) is 4.47 Å². The molecule has 0 spiro atoms. The zero-order valence-electron chi connectivity index (χ0n) is 8.67. The number of nitrogens with two attached hydrogens (primary N) is 1. The summed E-state index contributed by atoms with van der Waals surface area (Å²) >= 11 is 3.27. The fourth-order valence-corrected chi connectivity index (χ4v) is 1.41. The lowest BCUT2D eigenvalue weighted by molar-refractivity contribution is -0.122. The third kappa shape index (κ3) is 4.47. The maximum Gasteiger partial charge on any atom is 0.236 e. The molecule has 0 unspecified atom stereocenters. The van der Waals surface area contributed by atoms with E-state index in [9.17, 15) is 9.18 Å². The summed E-state index contributed by atoms with van der Waals surface area (Å²) in [7, 11) is 0. The molecule has 1 aromatic rings. The molecular weight excluding hydrogens is 298 g/mol. The number of benzene rings is 1. The number of amides is 1. The lowest BCUT2D eigenvalue weighted by atomic mass is 10.2. The van der Waals surface area contributed by atoms with Crippen LogP contribution in [0.15, 0.2) is 22.7 Å². The molecule has 16 heavy (non-hydrogen) atoms. The molecule has 90 valence electrons. The Kier molecular flexibility index (Phi) is 6.55.